The Morgan fingerprint density at radius 2 is 2.03 bits per heavy atom. The van der Waals surface area contributed by atoms with Gasteiger partial charge in [0, 0.05) is 12.5 Å². The number of carbonyl (C=O) groups excluding carboxylic acids is 2. The van der Waals surface area contributed by atoms with Crippen LogP contribution in [0.25, 0.3) is 22.2 Å². The molecule has 1 aromatic carbocycles. The maximum Gasteiger partial charge on any atom is 0.335 e. The molecule has 3 aromatic heterocycles. The molecule has 4 N–H and O–H groups in total. The number of carbonyl (C=O) groups is 3. The van der Waals surface area contributed by atoms with Gasteiger partial charge in [0.15, 0.2) is 22.7 Å². The van der Waals surface area contributed by atoms with Crippen molar-refractivity contribution in [2.45, 2.75) is 40.4 Å². The van der Waals surface area contributed by atoms with E-state index in [0.717, 1.165) is 22.6 Å². The molecule has 34 heavy (non-hydrogen) atoms. The van der Waals surface area contributed by atoms with Crippen molar-refractivity contribution in [3.05, 3.63) is 35.3 Å². The van der Waals surface area contributed by atoms with Crippen LogP contribution in [0.5, 0.6) is 0 Å². The van der Waals surface area contributed by atoms with E-state index in [-0.39, 0.29) is 23.7 Å². The van der Waals surface area contributed by atoms with Gasteiger partial charge in [0.25, 0.3) is 5.82 Å². The number of aromatic amines is 1. The molecule has 0 aliphatic heterocycles. The van der Waals surface area contributed by atoms with Crippen molar-refractivity contribution in [2.75, 3.05) is 10.6 Å². The van der Waals surface area contributed by atoms with Gasteiger partial charge in [-0.25, -0.2) is 23.9 Å². The molecular weight excluding hydrogens is 444 g/mol. The van der Waals surface area contributed by atoms with Crippen LogP contribution in [-0.4, -0.2) is 48.7 Å². The number of carboxylic acid groups (broad SMARTS) is 2. The number of rotatable bonds is 7. The summed E-state index contributed by atoms with van der Waals surface area (Å²) in [5.74, 6) is 0.173. The third kappa shape index (κ3) is 4.22. The Bertz CT molecular complexity index is 1380. The summed E-state index contributed by atoms with van der Waals surface area (Å²) in [6, 6.07) is 5.02. The Morgan fingerprint density at radius 3 is 2.62 bits per heavy atom. The van der Waals surface area contributed by atoms with Gasteiger partial charge >= 0.3 is 5.97 Å². The van der Waals surface area contributed by atoms with Crippen LogP contribution in [0.1, 0.15) is 35.7 Å². The van der Waals surface area contributed by atoms with E-state index in [0.29, 0.717) is 30.7 Å². The van der Waals surface area contributed by atoms with Crippen LogP contribution >= 0.6 is 0 Å². The summed E-state index contributed by atoms with van der Waals surface area (Å²) in [6.07, 6.45) is 0.669. The first-order valence-corrected chi connectivity index (χ1v) is 10.3. The van der Waals surface area contributed by atoms with E-state index in [1.165, 1.54) is 4.90 Å². The number of anilines is 2. The smallest absolute Gasteiger partial charge is 0.335 e. The van der Waals surface area contributed by atoms with Crippen molar-refractivity contribution in [3.63, 3.8) is 0 Å². The highest BCUT2D eigenvalue weighted by atomic mass is 16.4. The number of amides is 1. The second kappa shape index (κ2) is 9.94. The fourth-order valence-corrected chi connectivity index (χ4v) is 3.88. The summed E-state index contributed by atoms with van der Waals surface area (Å²) in [7, 11) is 0. The number of hydrogen-bond donors (Lipinski definition) is 3. The van der Waals surface area contributed by atoms with Gasteiger partial charge in [-0.15, -0.1) is 0 Å². The molecular formula is C21H24N8O5. The van der Waals surface area contributed by atoms with Crippen LogP contribution in [0.15, 0.2) is 18.2 Å². The molecule has 0 aliphatic carbocycles. The quantitative estimate of drug-likeness (QED) is 0.243. The number of imidazole rings is 1. The van der Waals surface area contributed by atoms with Gasteiger partial charge in [0.05, 0.1) is 24.3 Å². The molecule has 0 radical (unpaired) electrons. The van der Waals surface area contributed by atoms with Crippen molar-refractivity contribution < 1.29 is 29.2 Å². The number of carboxylic acids is 1. The Labute approximate surface area is 193 Å². The predicted molar refractivity (Wildman–Crippen MR) is 120 cm³/mol. The van der Waals surface area contributed by atoms with Gasteiger partial charge in [-0.3, -0.25) is 14.8 Å². The van der Waals surface area contributed by atoms with Crippen LogP contribution < -0.4 is 20.3 Å². The molecule has 0 saturated carbocycles. The van der Waals surface area contributed by atoms with Crippen molar-refractivity contribution in [3.8, 4) is 0 Å². The standard InChI is InChI=1S/C20H22N8O3.CH2O2/c1-4-27-13-7-6-12(20(30)31)8-14(13)28(5-2)15(27)9-26(10-29)19-17(21)23-18-16(22-19)11(3)24-25-18;2-1-3/h6-8,10H,4-5,9H2,1-3H3,(H3-,21,22,23,24,25,30,31);1H,(H,2,3). The Morgan fingerprint density at radius 1 is 1.32 bits per heavy atom. The van der Waals surface area contributed by atoms with Crippen LogP contribution in [0.2, 0.25) is 0 Å². The first-order valence-electron chi connectivity index (χ1n) is 10.3. The molecule has 0 aliphatic rings. The lowest BCUT2D eigenvalue weighted by atomic mass is 10.2. The predicted octanol–water partition coefficient (Wildman–Crippen LogP) is -0.247. The number of nitrogens with one attached hydrogen (secondary N) is 1. The summed E-state index contributed by atoms with van der Waals surface area (Å²) in [6.45, 7) is 6.69. The van der Waals surface area contributed by atoms with Gasteiger partial charge < -0.3 is 20.7 Å². The highest BCUT2D eigenvalue weighted by Crippen LogP contribution is 2.25. The Hall–Kier alpha value is -4.55. The number of benzene rings is 1. The molecule has 0 saturated heterocycles. The second-order valence-electron chi connectivity index (χ2n) is 7.20. The summed E-state index contributed by atoms with van der Waals surface area (Å²) in [5.41, 5.74) is 9.62. The van der Waals surface area contributed by atoms with Gasteiger partial charge in [-0.05, 0) is 32.9 Å². The molecule has 0 unspecified atom stereocenters. The van der Waals surface area contributed by atoms with E-state index in [1.54, 1.807) is 18.2 Å². The number of fused-ring (bicyclic) bond motifs is 2. The number of aromatic carboxylic acids is 1. The lowest BCUT2D eigenvalue weighted by Crippen LogP contribution is -2.40. The topological polar surface area (TPSA) is 187 Å². The van der Waals surface area contributed by atoms with E-state index in [2.05, 4.69) is 20.2 Å². The normalized spacial score (nSPS) is 10.7. The van der Waals surface area contributed by atoms with Crippen molar-refractivity contribution in [2.24, 2.45) is 0 Å². The summed E-state index contributed by atoms with van der Waals surface area (Å²) in [4.78, 5) is 42.0. The lowest BCUT2D eigenvalue weighted by Gasteiger charge is -2.16. The molecule has 0 atom stereocenters. The maximum atomic E-state index is 12.1. The SMILES string of the molecule is CCn1c(CN(C=O)c2nc3c(C)[nH]nc3nc2N)[n+](CC)c2ccc(C(=O)O)cc21.O=C[O-]. The van der Waals surface area contributed by atoms with Crippen molar-refractivity contribution in [1.82, 2.24) is 24.7 Å². The third-order valence-electron chi connectivity index (χ3n) is 5.34. The van der Waals surface area contributed by atoms with E-state index < -0.39 is 12.4 Å². The molecule has 3 heterocycles. The first kappa shape index (κ1) is 24.1. The number of hydrogen-bond acceptors (Lipinski definition) is 8. The van der Waals surface area contributed by atoms with E-state index >= 15 is 0 Å². The summed E-state index contributed by atoms with van der Waals surface area (Å²) < 4.78 is 4.04. The molecule has 0 bridgehead atoms. The van der Waals surface area contributed by atoms with Gasteiger partial charge in [-0.1, -0.05) is 0 Å². The Balaban J connectivity index is 0.00000103. The highest BCUT2D eigenvalue weighted by molar-refractivity contribution is 5.92. The van der Waals surface area contributed by atoms with Crippen LogP contribution in [0.3, 0.4) is 0 Å². The minimum absolute atomic E-state index is 0.0986. The monoisotopic (exact) mass is 468 g/mol. The number of nitrogens with zero attached hydrogens (tertiary/aromatic N) is 6. The van der Waals surface area contributed by atoms with Crippen LogP contribution in [0, 0.1) is 6.92 Å². The maximum absolute atomic E-state index is 12.1. The van der Waals surface area contributed by atoms with Gasteiger partial charge in [0.1, 0.15) is 12.1 Å². The number of aryl methyl sites for hydroxylation is 3. The Kier molecular flexibility index (Phi) is 7.04. The number of H-pyrrole nitrogens is 1. The van der Waals surface area contributed by atoms with E-state index in [4.69, 9.17) is 15.6 Å². The fraction of sp³-hybridized carbons (Fsp3) is 0.286. The van der Waals surface area contributed by atoms with E-state index in [9.17, 15) is 14.7 Å². The number of nitrogens with two attached hydrogens (primary N) is 1. The zero-order valence-electron chi connectivity index (χ0n) is 18.8. The highest BCUT2D eigenvalue weighted by Gasteiger charge is 2.28. The van der Waals surface area contributed by atoms with Gasteiger partial charge in [-0.2, -0.15) is 5.10 Å². The lowest BCUT2D eigenvalue weighted by molar-refractivity contribution is -0.676. The third-order valence-corrected chi connectivity index (χ3v) is 5.34. The zero-order chi connectivity index (χ0) is 25.0. The van der Waals surface area contributed by atoms with Crippen LogP contribution in [0.4, 0.5) is 11.6 Å². The second-order valence-corrected chi connectivity index (χ2v) is 7.20. The zero-order valence-corrected chi connectivity index (χ0v) is 18.8. The summed E-state index contributed by atoms with van der Waals surface area (Å²) in [5, 5.41) is 24.5. The molecule has 13 nitrogen and oxygen atoms in total. The average molecular weight is 468 g/mol. The van der Waals surface area contributed by atoms with E-state index in [1.807, 2.05) is 29.9 Å². The van der Waals surface area contributed by atoms with Crippen LogP contribution in [-0.2, 0) is 29.2 Å². The average Bonchev–Trinajstić information content (AvgIpc) is 3.32. The molecule has 178 valence electrons. The molecule has 13 heteroatoms. The molecule has 0 fully saturated rings. The van der Waals surface area contributed by atoms with Gasteiger partial charge in [0.2, 0.25) is 12.1 Å². The molecule has 0 spiro atoms. The molecule has 4 rings (SSSR count). The van der Waals surface area contributed by atoms with Crippen molar-refractivity contribution in [1.29, 1.82) is 0 Å². The minimum Gasteiger partial charge on any atom is -0.554 e. The minimum atomic E-state index is -0.989. The molecule has 4 aromatic rings. The first-order chi connectivity index (χ1) is 16.3. The summed E-state index contributed by atoms with van der Waals surface area (Å²) >= 11 is 0. The molecule has 1 amide bonds. The van der Waals surface area contributed by atoms with Crippen molar-refractivity contribution >= 4 is 52.7 Å². The number of nitrogen functional groups attached to an aromatic ring is 1. The number of aromatic nitrogens is 6. The fourth-order valence-electron chi connectivity index (χ4n) is 3.88. The largest absolute Gasteiger partial charge is 0.554 e.